The molecular weight excluding hydrogens is 385 g/mol. The molecule has 2 heterocycles. The summed E-state index contributed by atoms with van der Waals surface area (Å²) in [6.45, 7) is 6.44. The Hall–Kier alpha value is -1.80. The second kappa shape index (κ2) is 8.48. The topological polar surface area (TPSA) is 63.1 Å². The quantitative estimate of drug-likeness (QED) is 0.768. The molecule has 5 nitrogen and oxygen atoms in total. The van der Waals surface area contributed by atoms with E-state index < -0.39 is 11.0 Å². The average Bonchev–Trinajstić information content (AvgIpc) is 3.39. The number of nitrogens with zero attached hydrogens (tertiary/aromatic N) is 1. The van der Waals surface area contributed by atoms with Crippen LogP contribution in [0.4, 0.5) is 21.5 Å². The number of fused-ring (bicyclic) bond motifs is 1. The van der Waals surface area contributed by atoms with Crippen LogP contribution in [-0.2, 0) is 17.5 Å². The molecule has 1 atom stereocenters. The molecule has 1 aromatic carbocycles. The van der Waals surface area contributed by atoms with Crippen LogP contribution in [0.2, 0.25) is 0 Å². The van der Waals surface area contributed by atoms with Crippen molar-refractivity contribution in [3.63, 3.8) is 0 Å². The molecule has 1 aliphatic carbocycles. The van der Waals surface area contributed by atoms with Crippen molar-refractivity contribution in [2.24, 2.45) is 0 Å². The first-order valence-corrected chi connectivity index (χ1v) is 11.3. The molecule has 1 unspecified atom stereocenters. The second-order valence-electron chi connectivity index (χ2n) is 6.28. The molecule has 1 saturated carbocycles. The largest absolute Gasteiger partial charge is 0.351 e. The third kappa shape index (κ3) is 4.38. The van der Waals surface area contributed by atoms with Crippen LogP contribution >= 0.6 is 11.8 Å². The van der Waals surface area contributed by atoms with Gasteiger partial charge in [-0.2, -0.15) is 0 Å². The Balaban J connectivity index is 0.00000102. The highest BCUT2D eigenvalue weighted by molar-refractivity contribution is 7.99. The monoisotopic (exact) mass is 409 g/mol. The van der Waals surface area contributed by atoms with Gasteiger partial charge in [-0.3, -0.25) is 4.79 Å². The zero-order valence-electron chi connectivity index (χ0n) is 15.7. The first-order valence-electron chi connectivity index (χ1n) is 9.14. The van der Waals surface area contributed by atoms with E-state index in [1.54, 1.807) is 28.5 Å². The minimum atomic E-state index is -1.20. The summed E-state index contributed by atoms with van der Waals surface area (Å²) in [5, 5.41) is 3.92. The van der Waals surface area contributed by atoms with Crippen LogP contribution in [0.15, 0.2) is 34.1 Å². The molecule has 0 radical (unpaired) electrons. The Kier molecular flexibility index (Phi) is 6.26. The van der Waals surface area contributed by atoms with Crippen molar-refractivity contribution in [1.29, 1.82) is 0 Å². The van der Waals surface area contributed by atoms with Crippen molar-refractivity contribution < 1.29 is 8.60 Å². The molecule has 2 aliphatic rings. The van der Waals surface area contributed by atoms with E-state index in [-0.39, 0.29) is 16.6 Å². The molecule has 1 aromatic heterocycles. The van der Waals surface area contributed by atoms with Gasteiger partial charge in [0.1, 0.15) is 27.5 Å². The van der Waals surface area contributed by atoms with Gasteiger partial charge in [0, 0.05) is 18.4 Å². The summed E-state index contributed by atoms with van der Waals surface area (Å²) >= 11 is 1.55. The number of pyridine rings is 1. The first kappa shape index (κ1) is 19.9. The zero-order valence-corrected chi connectivity index (χ0v) is 17.3. The summed E-state index contributed by atoms with van der Waals surface area (Å²) in [4.78, 5) is 12.4. The van der Waals surface area contributed by atoms with Crippen molar-refractivity contribution >= 4 is 39.8 Å². The zero-order chi connectivity index (χ0) is 19.6. The average molecular weight is 410 g/mol. The van der Waals surface area contributed by atoms with Crippen LogP contribution in [0.25, 0.3) is 0 Å². The lowest BCUT2D eigenvalue weighted by Crippen LogP contribution is -2.22. The van der Waals surface area contributed by atoms with Crippen molar-refractivity contribution in [3.8, 4) is 0 Å². The summed E-state index contributed by atoms with van der Waals surface area (Å²) in [7, 11) is -1.20. The number of thioether (sulfide) groups is 1. The Bertz CT molecular complexity index is 926. The first-order chi connectivity index (χ1) is 13.0. The number of anilines is 3. The number of nitrogens with one attached hydrogen (secondary N) is 2. The molecule has 0 amide bonds. The summed E-state index contributed by atoms with van der Waals surface area (Å²) in [5.41, 5.74) is 2.05. The molecule has 8 heteroatoms. The molecule has 0 bridgehead atoms. The van der Waals surface area contributed by atoms with Gasteiger partial charge in [-0.25, -0.2) is 8.60 Å². The predicted octanol–water partition coefficient (Wildman–Crippen LogP) is 4.41. The normalized spacial score (nSPS) is 16.1. The smallest absolute Gasteiger partial charge is 0.253 e. The maximum atomic E-state index is 14.2. The van der Waals surface area contributed by atoms with Gasteiger partial charge in [0.2, 0.25) is 0 Å². The van der Waals surface area contributed by atoms with Gasteiger partial charge >= 0.3 is 0 Å². The molecule has 1 aliphatic heterocycles. The summed E-state index contributed by atoms with van der Waals surface area (Å²) in [6.07, 6.45) is 1.88. The molecular formula is C19H24FN3O2S2. The molecule has 4 rings (SSSR count). The van der Waals surface area contributed by atoms with Gasteiger partial charge in [0.05, 0.1) is 16.6 Å². The molecule has 0 spiro atoms. The molecule has 27 heavy (non-hydrogen) atoms. The van der Waals surface area contributed by atoms with Crippen molar-refractivity contribution in [2.45, 2.75) is 50.4 Å². The number of benzene rings is 1. The van der Waals surface area contributed by atoms with Gasteiger partial charge in [-0.1, -0.05) is 19.9 Å². The van der Waals surface area contributed by atoms with Crippen molar-refractivity contribution in [2.75, 3.05) is 15.8 Å². The molecule has 2 N–H and O–H groups in total. The number of hydrogen-bond acceptors (Lipinski definition) is 4. The fourth-order valence-corrected chi connectivity index (χ4v) is 5.06. The van der Waals surface area contributed by atoms with Crippen molar-refractivity contribution in [3.05, 3.63) is 46.0 Å². The SMILES string of the molecule is CC.Cc1ccc(Nc2cc(=O)n3c(c2NS(=O)C2CC2)SCC3)c(F)c1. The summed E-state index contributed by atoms with van der Waals surface area (Å²) in [6, 6.07) is 6.33. The van der Waals surface area contributed by atoms with E-state index in [1.165, 1.54) is 12.1 Å². The number of rotatable bonds is 5. The van der Waals surface area contributed by atoms with E-state index in [2.05, 4.69) is 10.0 Å². The molecule has 0 saturated heterocycles. The lowest BCUT2D eigenvalue weighted by Gasteiger charge is -2.17. The summed E-state index contributed by atoms with van der Waals surface area (Å²) in [5.74, 6) is 0.407. The van der Waals surface area contributed by atoms with E-state index >= 15 is 0 Å². The Labute approximate surface area is 165 Å². The van der Waals surface area contributed by atoms with Crippen LogP contribution in [0.3, 0.4) is 0 Å². The van der Waals surface area contributed by atoms with Gasteiger partial charge in [-0.05, 0) is 37.5 Å². The third-order valence-electron chi connectivity index (χ3n) is 4.24. The van der Waals surface area contributed by atoms with Gasteiger partial charge in [-0.15, -0.1) is 11.8 Å². The minimum absolute atomic E-state index is 0.141. The van der Waals surface area contributed by atoms with Crippen LogP contribution in [0, 0.1) is 12.7 Å². The van der Waals surface area contributed by atoms with Crippen LogP contribution < -0.4 is 15.6 Å². The van der Waals surface area contributed by atoms with E-state index in [9.17, 15) is 13.4 Å². The summed E-state index contributed by atoms with van der Waals surface area (Å²) < 4.78 is 31.3. The highest BCUT2D eigenvalue weighted by Crippen LogP contribution is 2.39. The fraction of sp³-hybridized carbons (Fsp3) is 0.421. The second-order valence-corrected chi connectivity index (χ2v) is 8.83. The maximum Gasteiger partial charge on any atom is 0.253 e. The number of halogens is 1. The van der Waals surface area contributed by atoms with Gasteiger partial charge in [0.25, 0.3) is 5.56 Å². The third-order valence-corrected chi connectivity index (χ3v) is 6.81. The Morgan fingerprint density at radius 2 is 1.96 bits per heavy atom. The molecule has 146 valence electrons. The number of aromatic nitrogens is 1. The predicted molar refractivity (Wildman–Crippen MR) is 112 cm³/mol. The molecule has 1 fully saturated rings. The highest BCUT2D eigenvalue weighted by Gasteiger charge is 2.31. The lowest BCUT2D eigenvalue weighted by molar-refractivity contribution is 0.630. The maximum absolute atomic E-state index is 14.2. The fourth-order valence-electron chi connectivity index (χ4n) is 2.75. The lowest BCUT2D eigenvalue weighted by atomic mass is 10.2. The van der Waals surface area contributed by atoms with Crippen LogP contribution in [0.1, 0.15) is 32.3 Å². The van der Waals surface area contributed by atoms with E-state index in [0.717, 1.165) is 29.2 Å². The van der Waals surface area contributed by atoms with Crippen LogP contribution in [-0.4, -0.2) is 19.8 Å². The number of aryl methyl sites for hydroxylation is 1. The number of hydrogen-bond donors (Lipinski definition) is 2. The van der Waals surface area contributed by atoms with Gasteiger partial charge in [0.15, 0.2) is 0 Å². The van der Waals surface area contributed by atoms with Crippen molar-refractivity contribution in [1.82, 2.24) is 4.57 Å². The van der Waals surface area contributed by atoms with Crippen LogP contribution in [0.5, 0.6) is 0 Å². The Morgan fingerprint density at radius 1 is 1.22 bits per heavy atom. The Morgan fingerprint density at radius 3 is 2.63 bits per heavy atom. The molecule has 2 aromatic rings. The minimum Gasteiger partial charge on any atom is -0.351 e. The standard InChI is InChI=1S/C17H18FN3O2S2.C2H6/c1-10-2-5-13(12(18)8-10)19-14-9-15(22)21-6-7-24-17(21)16(14)20-25(23)11-3-4-11;1-2/h2,5,8-9,11,19-20H,3-4,6-7H2,1H3;1-2H3. The van der Waals surface area contributed by atoms with E-state index in [0.29, 0.717) is 23.6 Å². The van der Waals surface area contributed by atoms with E-state index in [4.69, 9.17) is 0 Å². The van der Waals surface area contributed by atoms with E-state index in [1.807, 2.05) is 20.8 Å². The highest BCUT2D eigenvalue weighted by atomic mass is 32.2. The van der Waals surface area contributed by atoms with Gasteiger partial charge < -0.3 is 14.6 Å².